The van der Waals surface area contributed by atoms with Crippen molar-refractivity contribution < 1.29 is 9.59 Å². The topological polar surface area (TPSA) is 46.2 Å². The minimum absolute atomic E-state index is 0.124. The van der Waals surface area contributed by atoms with Crippen molar-refractivity contribution in [2.45, 2.75) is 38.6 Å². The highest BCUT2D eigenvalue weighted by Gasteiger charge is 2.20. The lowest BCUT2D eigenvalue weighted by molar-refractivity contribution is -0.120. The molecule has 0 aromatic rings. The molecule has 0 saturated carbocycles. The van der Waals surface area contributed by atoms with Crippen LogP contribution in [0.5, 0.6) is 0 Å². The monoisotopic (exact) mass is 155 g/mol. The molecular formula is C8H13NO2. The van der Waals surface area contributed by atoms with Gasteiger partial charge >= 0.3 is 0 Å². The number of ketones is 1. The summed E-state index contributed by atoms with van der Waals surface area (Å²) in [7, 11) is 0. The largest absolute Gasteiger partial charge is 0.353 e. The Kier molecular flexibility index (Phi) is 2.63. The second-order valence-corrected chi connectivity index (χ2v) is 3.04. The molecule has 1 N–H and O–H groups in total. The highest BCUT2D eigenvalue weighted by atomic mass is 16.2. The highest BCUT2D eigenvalue weighted by molar-refractivity contribution is 5.79. The quantitative estimate of drug-likeness (QED) is 0.650. The van der Waals surface area contributed by atoms with E-state index in [1.165, 1.54) is 0 Å². The van der Waals surface area contributed by atoms with Gasteiger partial charge < -0.3 is 10.1 Å². The van der Waals surface area contributed by atoms with Crippen molar-refractivity contribution in [3.8, 4) is 0 Å². The molecule has 1 rings (SSSR count). The Bertz CT molecular complexity index is 177. The Morgan fingerprint density at radius 2 is 2.45 bits per heavy atom. The molecule has 1 saturated heterocycles. The van der Waals surface area contributed by atoms with E-state index in [1.54, 1.807) is 6.92 Å². The molecule has 0 aliphatic carbocycles. The molecule has 0 aromatic heterocycles. The number of hydrogen-bond acceptors (Lipinski definition) is 2. The molecule has 1 unspecified atom stereocenters. The van der Waals surface area contributed by atoms with Crippen molar-refractivity contribution in [1.82, 2.24) is 5.32 Å². The zero-order valence-electron chi connectivity index (χ0n) is 6.72. The SMILES string of the molecule is CC(=O)CCC1CCC(=O)N1. The maximum absolute atomic E-state index is 10.7. The summed E-state index contributed by atoms with van der Waals surface area (Å²) in [5, 5.41) is 2.82. The second-order valence-electron chi connectivity index (χ2n) is 3.04. The fourth-order valence-corrected chi connectivity index (χ4v) is 1.27. The average molecular weight is 155 g/mol. The molecule has 0 spiro atoms. The van der Waals surface area contributed by atoms with Crippen LogP contribution in [-0.4, -0.2) is 17.7 Å². The second kappa shape index (κ2) is 3.51. The molecule has 3 nitrogen and oxygen atoms in total. The normalized spacial score (nSPS) is 23.4. The van der Waals surface area contributed by atoms with E-state index < -0.39 is 0 Å². The van der Waals surface area contributed by atoms with Crippen molar-refractivity contribution in [2.24, 2.45) is 0 Å². The first-order valence-corrected chi connectivity index (χ1v) is 3.97. The predicted molar refractivity (Wildman–Crippen MR) is 41.1 cm³/mol. The third-order valence-electron chi connectivity index (χ3n) is 1.93. The Hall–Kier alpha value is -0.860. The van der Waals surface area contributed by atoms with Crippen LogP contribution >= 0.6 is 0 Å². The molecule has 1 fully saturated rings. The number of amides is 1. The first kappa shape index (κ1) is 8.24. The Balaban J connectivity index is 2.18. The van der Waals surface area contributed by atoms with Crippen LogP contribution in [-0.2, 0) is 9.59 Å². The van der Waals surface area contributed by atoms with E-state index >= 15 is 0 Å². The standard InChI is InChI=1S/C8H13NO2/c1-6(10)2-3-7-4-5-8(11)9-7/h7H,2-5H2,1H3,(H,9,11). The van der Waals surface area contributed by atoms with E-state index in [2.05, 4.69) is 5.32 Å². The number of rotatable bonds is 3. The van der Waals surface area contributed by atoms with Crippen molar-refractivity contribution in [3.63, 3.8) is 0 Å². The first-order valence-electron chi connectivity index (χ1n) is 3.97. The fraction of sp³-hybridized carbons (Fsp3) is 0.750. The summed E-state index contributed by atoms with van der Waals surface area (Å²) in [5.41, 5.74) is 0. The van der Waals surface area contributed by atoms with Gasteiger partial charge in [0.2, 0.25) is 5.91 Å². The summed E-state index contributed by atoms with van der Waals surface area (Å²) in [6.45, 7) is 1.58. The molecule has 1 atom stereocenters. The van der Waals surface area contributed by atoms with Crippen LogP contribution in [0.1, 0.15) is 32.6 Å². The van der Waals surface area contributed by atoms with Gasteiger partial charge in [-0.1, -0.05) is 0 Å². The van der Waals surface area contributed by atoms with E-state index in [0.717, 1.165) is 12.8 Å². The van der Waals surface area contributed by atoms with Gasteiger partial charge in [0.25, 0.3) is 0 Å². The van der Waals surface area contributed by atoms with Crippen LogP contribution in [0.3, 0.4) is 0 Å². The summed E-state index contributed by atoms with van der Waals surface area (Å²) in [4.78, 5) is 21.3. The van der Waals surface area contributed by atoms with Crippen molar-refractivity contribution >= 4 is 11.7 Å². The van der Waals surface area contributed by atoms with Crippen molar-refractivity contribution in [2.75, 3.05) is 0 Å². The van der Waals surface area contributed by atoms with Crippen LogP contribution in [0.15, 0.2) is 0 Å². The average Bonchev–Trinajstić information content (AvgIpc) is 2.31. The van der Waals surface area contributed by atoms with Crippen LogP contribution in [0.2, 0.25) is 0 Å². The summed E-state index contributed by atoms with van der Waals surface area (Å²) in [5.74, 6) is 0.324. The molecule has 3 heteroatoms. The molecule has 11 heavy (non-hydrogen) atoms. The minimum Gasteiger partial charge on any atom is -0.353 e. The van der Waals surface area contributed by atoms with Crippen molar-refractivity contribution in [3.05, 3.63) is 0 Å². The van der Waals surface area contributed by atoms with Crippen molar-refractivity contribution in [1.29, 1.82) is 0 Å². The summed E-state index contributed by atoms with van der Waals surface area (Å²) in [6, 6.07) is 0.256. The minimum atomic E-state index is 0.124. The van der Waals surface area contributed by atoms with Crippen LogP contribution < -0.4 is 5.32 Å². The molecule has 0 bridgehead atoms. The number of carbonyl (C=O) groups excluding carboxylic acids is 2. The van der Waals surface area contributed by atoms with Crippen LogP contribution in [0.4, 0.5) is 0 Å². The molecule has 1 aliphatic heterocycles. The predicted octanol–water partition coefficient (Wildman–Crippen LogP) is 0.634. The van der Waals surface area contributed by atoms with Gasteiger partial charge in [0.1, 0.15) is 5.78 Å². The number of hydrogen-bond donors (Lipinski definition) is 1. The van der Waals surface area contributed by atoms with Gasteiger partial charge in [-0.3, -0.25) is 4.79 Å². The molecule has 0 aromatic carbocycles. The van der Waals surface area contributed by atoms with Gasteiger partial charge in [-0.25, -0.2) is 0 Å². The lowest BCUT2D eigenvalue weighted by atomic mass is 10.1. The summed E-state index contributed by atoms with van der Waals surface area (Å²) < 4.78 is 0. The lowest BCUT2D eigenvalue weighted by Gasteiger charge is -2.06. The zero-order valence-corrected chi connectivity index (χ0v) is 6.72. The first-order chi connectivity index (χ1) is 5.18. The number of nitrogens with one attached hydrogen (secondary N) is 1. The number of Topliss-reactive ketones (excluding diaryl/α,β-unsaturated/α-hetero) is 1. The molecule has 1 heterocycles. The van der Waals surface area contributed by atoms with E-state index in [0.29, 0.717) is 12.8 Å². The molecule has 62 valence electrons. The third kappa shape index (κ3) is 2.70. The van der Waals surface area contributed by atoms with E-state index in [4.69, 9.17) is 0 Å². The third-order valence-corrected chi connectivity index (χ3v) is 1.93. The van der Waals surface area contributed by atoms with Gasteiger partial charge in [-0.15, -0.1) is 0 Å². The fourth-order valence-electron chi connectivity index (χ4n) is 1.27. The molecular weight excluding hydrogens is 142 g/mol. The van der Waals surface area contributed by atoms with Crippen LogP contribution in [0.25, 0.3) is 0 Å². The van der Waals surface area contributed by atoms with Gasteiger partial charge in [-0.2, -0.15) is 0 Å². The Morgan fingerprint density at radius 3 is 2.91 bits per heavy atom. The summed E-state index contributed by atoms with van der Waals surface area (Å²) in [6.07, 6.45) is 2.92. The molecule has 1 amide bonds. The maximum Gasteiger partial charge on any atom is 0.220 e. The molecule has 1 aliphatic rings. The van der Waals surface area contributed by atoms with E-state index in [-0.39, 0.29) is 17.7 Å². The van der Waals surface area contributed by atoms with Gasteiger partial charge in [-0.05, 0) is 19.8 Å². The van der Waals surface area contributed by atoms with Gasteiger partial charge in [0.05, 0.1) is 0 Å². The smallest absolute Gasteiger partial charge is 0.220 e. The maximum atomic E-state index is 10.7. The summed E-state index contributed by atoms with van der Waals surface area (Å²) >= 11 is 0. The Labute approximate surface area is 66.2 Å². The highest BCUT2D eigenvalue weighted by Crippen LogP contribution is 2.11. The van der Waals surface area contributed by atoms with E-state index in [1.807, 2.05) is 0 Å². The van der Waals surface area contributed by atoms with Crippen LogP contribution in [0, 0.1) is 0 Å². The Morgan fingerprint density at radius 1 is 1.73 bits per heavy atom. The zero-order chi connectivity index (χ0) is 8.27. The van der Waals surface area contributed by atoms with Gasteiger partial charge in [0, 0.05) is 18.9 Å². The van der Waals surface area contributed by atoms with E-state index in [9.17, 15) is 9.59 Å². The van der Waals surface area contributed by atoms with Gasteiger partial charge in [0.15, 0.2) is 0 Å². The molecule has 0 radical (unpaired) electrons. The lowest BCUT2D eigenvalue weighted by Crippen LogP contribution is -2.25. The number of carbonyl (C=O) groups is 2.